The van der Waals surface area contributed by atoms with Gasteiger partial charge in [0, 0.05) is 25.2 Å². The minimum absolute atomic E-state index is 0.149. The fourth-order valence-corrected chi connectivity index (χ4v) is 1.48. The van der Waals surface area contributed by atoms with Gasteiger partial charge in [-0.3, -0.25) is 9.59 Å². The molecule has 0 amide bonds. The molecule has 0 aromatic carbocycles. The van der Waals surface area contributed by atoms with Crippen LogP contribution in [-0.4, -0.2) is 38.0 Å². The molecule has 0 aliphatic heterocycles. The molecule has 112 valence electrons. The minimum atomic E-state index is 0.149. The molecule has 0 saturated carbocycles. The second-order valence-corrected chi connectivity index (χ2v) is 5.25. The number of carbonyl (C=O) groups is 2. The van der Waals surface area contributed by atoms with Crippen molar-refractivity contribution in [3.63, 3.8) is 0 Å². The summed E-state index contributed by atoms with van der Waals surface area (Å²) < 4.78 is 11.0. The summed E-state index contributed by atoms with van der Waals surface area (Å²) in [5.41, 5.74) is 0. The van der Waals surface area contributed by atoms with E-state index in [9.17, 15) is 9.59 Å². The quantitative estimate of drug-likeness (QED) is 0.512. The zero-order valence-corrected chi connectivity index (χ0v) is 12.7. The molecule has 0 N–H and O–H groups in total. The van der Waals surface area contributed by atoms with Crippen LogP contribution in [0.4, 0.5) is 0 Å². The van der Waals surface area contributed by atoms with Crippen molar-refractivity contribution in [2.45, 2.75) is 47.0 Å². The Kier molecular flexibility index (Phi) is 10.7. The summed E-state index contributed by atoms with van der Waals surface area (Å²) in [6.45, 7) is 9.86. The first-order chi connectivity index (χ1) is 8.97. The van der Waals surface area contributed by atoms with E-state index in [0.717, 1.165) is 0 Å². The van der Waals surface area contributed by atoms with Crippen LogP contribution in [0.5, 0.6) is 0 Å². The Hall–Kier alpha value is -0.740. The molecule has 0 spiro atoms. The van der Waals surface area contributed by atoms with Crippen molar-refractivity contribution in [3.8, 4) is 0 Å². The van der Waals surface area contributed by atoms with Crippen LogP contribution < -0.4 is 0 Å². The molecule has 4 nitrogen and oxygen atoms in total. The molecule has 0 bridgehead atoms. The lowest BCUT2D eigenvalue weighted by molar-refractivity contribution is -0.120. The first kappa shape index (κ1) is 18.3. The number of ketones is 2. The van der Waals surface area contributed by atoms with E-state index in [1.54, 1.807) is 6.92 Å². The molecule has 0 rings (SSSR count). The third-order valence-corrected chi connectivity index (χ3v) is 3.12. The second-order valence-electron chi connectivity index (χ2n) is 5.25. The van der Waals surface area contributed by atoms with Gasteiger partial charge < -0.3 is 9.47 Å². The largest absolute Gasteiger partial charge is 0.381 e. The number of hydrogen-bond acceptors (Lipinski definition) is 4. The van der Waals surface area contributed by atoms with E-state index in [-0.39, 0.29) is 11.6 Å². The second kappa shape index (κ2) is 11.1. The van der Waals surface area contributed by atoms with Crippen LogP contribution in [0.25, 0.3) is 0 Å². The maximum absolute atomic E-state index is 11.1. The summed E-state index contributed by atoms with van der Waals surface area (Å²) in [6, 6.07) is 0. The van der Waals surface area contributed by atoms with E-state index in [2.05, 4.69) is 13.8 Å². The van der Waals surface area contributed by atoms with Gasteiger partial charge in [-0.2, -0.15) is 0 Å². The Morgan fingerprint density at radius 1 is 1.00 bits per heavy atom. The van der Waals surface area contributed by atoms with Crippen LogP contribution in [0.1, 0.15) is 47.0 Å². The topological polar surface area (TPSA) is 52.6 Å². The third kappa shape index (κ3) is 10.8. The molecule has 0 radical (unpaired) electrons. The predicted octanol–water partition coefficient (Wildman–Crippen LogP) is 2.64. The molecule has 4 heteroatoms. The summed E-state index contributed by atoms with van der Waals surface area (Å²) in [6.07, 6.45) is 1.54. The maximum atomic E-state index is 11.1. The van der Waals surface area contributed by atoms with Gasteiger partial charge in [0.1, 0.15) is 11.6 Å². The van der Waals surface area contributed by atoms with Crippen LogP contribution in [0, 0.1) is 11.8 Å². The number of rotatable bonds is 12. The Bertz CT molecular complexity index is 261. The van der Waals surface area contributed by atoms with Gasteiger partial charge in [0.25, 0.3) is 0 Å². The number of carbonyl (C=O) groups excluding carboxylic acids is 2. The van der Waals surface area contributed by atoms with Gasteiger partial charge in [-0.05, 0) is 12.8 Å². The molecule has 0 saturated heterocycles. The summed E-state index contributed by atoms with van der Waals surface area (Å²) in [4.78, 5) is 21.9. The SMILES string of the molecule is CCC(=O)CCOCC(COCCC(C)=O)C(C)C. The van der Waals surface area contributed by atoms with Crippen molar-refractivity contribution in [1.29, 1.82) is 0 Å². The average molecular weight is 272 g/mol. The lowest BCUT2D eigenvalue weighted by Gasteiger charge is -2.20. The van der Waals surface area contributed by atoms with Crippen LogP contribution in [0.3, 0.4) is 0 Å². The summed E-state index contributed by atoms with van der Waals surface area (Å²) in [5, 5.41) is 0. The molecule has 19 heavy (non-hydrogen) atoms. The van der Waals surface area contributed by atoms with Gasteiger partial charge in [-0.15, -0.1) is 0 Å². The highest BCUT2D eigenvalue weighted by molar-refractivity contribution is 5.78. The summed E-state index contributed by atoms with van der Waals surface area (Å²) >= 11 is 0. The zero-order valence-electron chi connectivity index (χ0n) is 12.7. The lowest BCUT2D eigenvalue weighted by Crippen LogP contribution is -2.23. The molecule has 0 aromatic rings. The molecular formula is C15H28O4. The normalized spacial score (nSPS) is 12.7. The highest BCUT2D eigenvalue weighted by Crippen LogP contribution is 2.12. The smallest absolute Gasteiger partial charge is 0.134 e. The number of Topliss-reactive ketones (excluding diaryl/α,β-unsaturated/α-hetero) is 2. The predicted molar refractivity (Wildman–Crippen MR) is 75.2 cm³/mol. The van der Waals surface area contributed by atoms with Crippen molar-refractivity contribution in [2.24, 2.45) is 11.8 Å². The van der Waals surface area contributed by atoms with Crippen molar-refractivity contribution in [2.75, 3.05) is 26.4 Å². The Morgan fingerprint density at radius 3 is 1.95 bits per heavy atom. The van der Waals surface area contributed by atoms with Crippen LogP contribution in [0.15, 0.2) is 0 Å². The van der Waals surface area contributed by atoms with Gasteiger partial charge in [0.15, 0.2) is 0 Å². The van der Waals surface area contributed by atoms with E-state index < -0.39 is 0 Å². The van der Waals surface area contributed by atoms with Crippen molar-refractivity contribution in [3.05, 3.63) is 0 Å². The monoisotopic (exact) mass is 272 g/mol. The third-order valence-electron chi connectivity index (χ3n) is 3.12. The average Bonchev–Trinajstić information content (AvgIpc) is 2.35. The summed E-state index contributed by atoms with van der Waals surface area (Å²) in [7, 11) is 0. The van der Waals surface area contributed by atoms with E-state index in [1.807, 2.05) is 6.92 Å². The molecule has 1 unspecified atom stereocenters. The van der Waals surface area contributed by atoms with Crippen LogP contribution in [-0.2, 0) is 19.1 Å². The Morgan fingerprint density at radius 2 is 1.53 bits per heavy atom. The Balaban J connectivity index is 3.74. The van der Waals surface area contributed by atoms with E-state index >= 15 is 0 Å². The molecule has 0 aromatic heterocycles. The fourth-order valence-electron chi connectivity index (χ4n) is 1.48. The van der Waals surface area contributed by atoms with Gasteiger partial charge in [0.05, 0.1) is 26.4 Å². The fraction of sp³-hybridized carbons (Fsp3) is 0.867. The van der Waals surface area contributed by atoms with Crippen LogP contribution in [0.2, 0.25) is 0 Å². The molecule has 0 heterocycles. The highest BCUT2D eigenvalue weighted by Gasteiger charge is 2.14. The molecular weight excluding hydrogens is 244 g/mol. The van der Waals surface area contributed by atoms with Crippen molar-refractivity contribution >= 4 is 11.6 Å². The standard InChI is InChI=1S/C15H28O4/c1-5-15(17)7-9-19-11-14(12(2)3)10-18-8-6-13(4)16/h12,14H,5-11H2,1-4H3. The number of ether oxygens (including phenoxy) is 2. The van der Waals surface area contributed by atoms with Crippen molar-refractivity contribution < 1.29 is 19.1 Å². The van der Waals surface area contributed by atoms with E-state index in [1.165, 1.54) is 0 Å². The zero-order chi connectivity index (χ0) is 14.7. The van der Waals surface area contributed by atoms with Crippen molar-refractivity contribution in [1.82, 2.24) is 0 Å². The van der Waals surface area contributed by atoms with Crippen LogP contribution >= 0.6 is 0 Å². The van der Waals surface area contributed by atoms with Gasteiger partial charge in [-0.1, -0.05) is 20.8 Å². The Labute approximate surface area is 116 Å². The summed E-state index contributed by atoms with van der Waals surface area (Å²) in [5.74, 6) is 1.15. The lowest BCUT2D eigenvalue weighted by atomic mass is 9.98. The molecule has 0 aliphatic rings. The first-order valence-corrected chi connectivity index (χ1v) is 7.14. The van der Waals surface area contributed by atoms with E-state index in [0.29, 0.717) is 57.5 Å². The van der Waals surface area contributed by atoms with E-state index in [4.69, 9.17) is 9.47 Å². The van der Waals surface area contributed by atoms with Gasteiger partial charge in [-0.25, -0.2) is 0 Å². The molecule has 0 fully saturated rings. The number of hydrogen-bond donors (Lipinski definition) is 0. The van der Waals surface area contributed by atoms with Gasteiger partial charge in [0.2, 0.25) is 0 Å². The first-order valence-electron chi connectivity index (χ1n) is 7.14. The molecule has 1 atom stereocenters. The minimum Gasteiger partial charge on any atom is -0.381 e. The highest BCUT2D eigenvalue weighted by atomic mass is 16.5. The maximum Gasteiger partial charge on any atom is 0.134 e. The van der Waals surface area contributed by atoms with Gasteiger partial charge >= 0.3 is 0 Å². The molecule has 0 aliphatic carbocycles.